The van der Waals surface area contributed by atoms with Gasteiger partial charge in [0, 0.05) is 18.7 Å². The maximum atomic E-state index is 13.0. The molecule has 0 radical (unpaired) electrons. The first-order valence-electron chi connectivity index (χ1n) is 10.1. The van der Waals surface area contributed by atoms with Gasteiger partial charge in [-0.15, -0.1) is 0 Å². The second kappa shape index (κ2) is 10.3. The van der Waals surface area contributed by atoms with Crippen molar-refractivity contribution >= 4 is 5.91 Å². The summed E-state index contributed by atoms with van der Waals surface area (Å²) < 4.78 is 10.9. The number of carbonyl (C=O) groups is 1. The lowest BCUT2D eigenvalue weighted by molar-refractivity contribution is -0.0150. The number of aliphatic hydroxyl groups is 2. The zero-order valence-corrected chi connectivity index (χ0v) is 16.8. The monoisotopic (exact) mass is 399 g/mol. The first-order chi connectivity index (χ1) is 14.1. The lowest BCUT2D eigenvalue weighted by atomic mass is 10.1. The van der Waals surface area contributed by atoms with Crippen LogP contribution in [-0.2, 0) is 6.42 Å². The van der Waals surface area contributed by atoms with Gasteiger partial charge in [0.2, 0.25) is 0 Å². The van der Waals surface area contributed by atoms with E-state index in [1.165, 1.54) is 0 Å². The SMILES string of the molecule is COc1ccc(C(=O)N2CCCCc3ccccc3OC[C@@H](O)[C@@H](O)CC2)cc1. The number of nitrogens with zero attached hydrogens (tertiary/aromatic N) is 1. The van der Waals surface area contributed by atoms with Crippen LogP contribution < -0.4 is 9.47 Å². The molecule has 0 bridgehead atoms. The van der Waals surface area contributed by atoms with E-state index in [0.717, 1.165) is 30.6 Å². The van der Waals surface area contributed by atoms with E-state index in [4.69, 9.17) is 9.47 Å². The molecule has 156 valence electrons. The number of aryl methyl sites for hydroxylation is 1. The van der Waals surface area contributed by atoms with Crippen LogP contribution >= 0.6 is 0 Å². The Balaban J connectivity index is 1.73. The predicted molar refractivity (Wildman–Crippen MR) is 110 cm³/mol. The number of ether oxygens (including phenoxy) is 2. The normalized spacial score (nSPS) is 21.0. The number of para-hydroxylation sites is 1. The summed E-state index contributed by atoms with van der Waals surface area (Å²) in [5.41, 5.74) is 1.65. The molecule has 1 heterocycles. The van der Waals surface area contributed by atoms with Gasteiger partial charge in [0.1, 0.15) is 24.2 Å². The molecule has 29 heavy (non-hydrogen) atoms. The quantitative estimate of drug-likeness (QED) is 0.812. The number of benzene rings is 2. The van der Waals surface area contributed by atoms with Crippen molar-refractivity contribution in [3.63, 3.8) is 0 Å². The van der Waals surface area contributed by atoms with E-state index in [1.807, 2.05) is 24.3 Å². The molecule has 0 aliphatic carbocycles. The zero-order chi connectivity index (χ0) is 20.6. The number of fused-ring (bicyclic) bond motifs is 1. The Bertz CT molecular complexity index is 792. The van der Waals surface area contributed by atoms with Crippen molar-refractivity contribution in [2.75, 3.05) is 26.8 Å². The highest BCUT2D eigenvalue weighted by Crippen LogP contribution is 2.22. The van der Waals surface area contributed by atoms with E-state index in [1.54, 1.807) is 36.3 Å². The molecule has 1 aliphatic heterocycles. The summed E-state index contributed by atoms with van der Waals surface area (Å²) in [7, 11) is 1.59. The van der Waals surface area contributed by atoms with Crippen molar-refractivity contribution in [2.45, 2.75) is 37.9 Å². The van der Waals surface area contributed by atoms with Crippen LogP contribution in [0.15, 0.2) is 48.5 Å². The van der Waals surface area contributed by atoms with E-state index in [0.29, 0.717) is 24.4 Å². The maximum absolute atomic E-state index is 13.0. The molecular weight excluding hydrogens is 370 g/mol. The molecule has 0 spiro atoms. The van der Waals surface area contributed by atoms with Crippen LogP contribution in [0.5, 0.6) is 11.5 Å². The molecule has 1 aliphatic rings. The van der Waals surface area contributed by atoms with Crippen molar-refractivity contribution in [3.05, 3.63) is 59.7 Å². The molecule has 6 nitrogen and oxygen atoms in total. The Kier molecular flexibility index (Phi) is 7.49. The van der Waals surface area contributed by atoms with Gasteiger partial charge in [-0.1, -0.05) is 18.2 Å². The predicted octanol–water partition coefficient (Wildman–Crippen LogP) is 2.66. The standard InChI is InChI=1S/C23H29NO5/c1-28-19-11-9-18(10-12-19)23(27)24-14-5-4-7-17-6-2-3-8-22(17)29-16-21(26)20(25)13-15-24/h2-3,6,8-12,20-21,25-26H,4-5,7,13-16H2,1H3/t20-,21+/m0/s1. The molecule has 0 saturated heterocycles. The number of carbonyl (C=O) groups excluding carboxylic acids is 1. The topological polar surface area (TPSA) is 79.2 Å². The fourth-order valence-electron chi connectivity index (χ4n) is 3.47. The van der Waals surface area contributed by atoms with E-state index >= 15 is 0 Å². The van der Waals surface area contributed by atoms with E-state index in [2.05, 4.69) is 0 Å². The lowest BCUT2D eigenvalue weighted by Gasteiger charge is -2.25. The minimum absolute atomic E-state index is 0.0185. The second-order valence-electron chi connectivity index (χ2n) is 7.32. The summed E-state index contributed by atoms with van der Waals surface area (Å²) in [5.74, 6) is 1.36. The summed E-state index contributed by atoms with van der Waals surface area (Å²) in [5, 5.41) is 20.6. The minimum Gasteiger partial charge on any atom is -0.497 e. The van der Waals surface area contributed by atoms with Crippen molar-refractivity contribution in [3.8, 4) is 11.5 Å². The molecule has 2 aromatic carbocycles. The van der Waals surface area contributed by atoms with Gasteiger partial charge in [0.25, 0.3) is 5.91 Å². The highest BCUT2D eigenvalue weighted by molar-refractivity contribution is 5.94. The number of amides is 1. The third-order valence-corrected chi connectivity index (χ3v) is 5.27. The summed E-state index contributed by atoms with van der Waals surface area (Å²) >= 11 is 0. The number of methoxy groups -OCH3 is 1. The van der Waals surface area contributed by atoms with Crippen LogP contribution in [0.1, 0.15) is 35.2 Å². The number of aliphatic hydroxyl groups excluding tert-OH is 2. The molecule has 3 rings (SSSR count). The van der Waals surface area contributed by atoms with E-state index < -0.39 is 12.2 Å². The van der Waals surface area contributed by atoms with Crippen LogP contribution in [0.2, 0.25) is 0 Å². The lowest BCUT2D eigenvalue weighted by Crippen LogP contribution is -2.38. The fraction of sp³-hybridized carbons (Fsp3) is 0.435. The van der Waals surface area contributed by atoms with Crippen molar-refractivity contribution < 1.29 is 24.5 Å². The summed E-state index contributed by atoms with van der Waals surface area (Å²) in [6.07, 6.45) is 0.899. The van der Waals surface area contributed by atoms with Gasteiger partial charge in [-0.2, -0.15) is 0 Å². The Morgan fingerprint density at radius 1 is 1.03 bits per heavy atom. The maximum Gasteiger partial charge on any atom is 0.253 e. The van der Waals surface area contributed by atoms with Crippen molar-refractivity contribution in [1.29, 1.82) is 0 Å². The van der Waals surface area contributed by atoms with Crippen LogP contribution in [0, 0.1) is 0 Å². The first kappa shape index (κ1) is 21.1. The van der Waals surface area contributed by atoms with Gasteiger partial charge in [0.15, 0.2) is 0 Å². The molecule has 0 aromatic heterocycles. The average Bonchev–Trinajstić information content (AvgIpc) is 2.77. The molecular formula is C23H29NO5. The number of rotatable bonds is 2. The highest BCUT2D eigenvalue weighted by Gasteiger charge is 2.22. The smallest absolute Gasteiger partial charge is 0.253 e. The Morgan fingerprint density at radius 2 is 1.79 bits per heavy atom. The highest BCUT2D eigenvalue weighted by atomic mass is 16.5. The Hall–Kier alpha value is -2.57. The van der Waals surface area contributed by atoms with Crippen molar-refractivity contribution in [1.82, 2.24) is 4.90 Å². The largest absolute Gasteiger partial charge is 0.497 e. The van der Waals surface area contributed by atoms with Crippen LogP contribution in [0.3, 0.4) is 0 Å². The fourth-order valence-corrected chi connectivity index (χ4v) is 3.47. The van der Waals surface area contributed by atoms with Crippen LogP contribution in [-0.4, -0.2) is 60.0 Å². The van der Waals surface area contributed by atoms with Gasteiger partial charge in [-0.05, 0) is 61.6 Å². The molecule has 0 fully saturated rings. The van der Waals surface area contributed by atoms with Gasteiger partial charge in [0.05, 0.1) is 13.2 Å². The summed E-state index contributed by atoms with van der Waals surface area (Å²) in [4.78, 5) is 14.7. The van der Waals surface area contributed by atoms with Gasteiger partial charge >= 0.3 is 0 Å². The van der Waals surface area contributed by atoms with Gasteiger partial charge in [-0.25, -0.2) is 0 Å². The molecule has 0 unspecified atom stereocenters. The van der Waals surface area contributed by atoms with E-state index in [-0.39, 0.29) is 18.9 Å². The van der Waals surface area contributed by atoms with E-state index in [9.17, 15) is 15.0 Å². The zero-order valence-electron chi connectivity index (χ0n) is 16.8. The molecule has 0 saturated carbocycles. The number of hydrogen-bond acceptors (Lipinski definition) is 5. The molecule has 2 aromatic rings. The minimum atomic E-state index is -1.01. The average molecular weight is 399 g/mol. The molecule has 2 atom stereocenters. The molecule has 1 amide bonds. The third-order valence-electron chi connectivity index (χ3n) is 5.27. The molecule has 6 heteroatoms. The van der Waals surface area contributed by atoms with Gasteiger partial charge in [-0.3, -0.25) is 4.79 Å². The summed E-state index contributed by atoms with van der Waals surface area (Å²) in [6.45, 7) is 0.983. The van der Waals surface area contributed by atoms with Crippen LogP contribution in [0.25, 0.3) is 0 Å². The molecule has 2 N–H and O–H groups in total. The van der Waals surface area contributed by atoms with Crippen molar-refractivity contribution in [2.24, 2.45) is 0 Å². The van der Waals surface area contributed by atoms with Gasteiger partial charge < -0.3 is 24.6 Å². The second-order valence-corrected chi connectivity index (χ2v) is 7.32. The Morgan fingerprint density at radius 3 is 2.55 bits per heavy atom. The number of hydrogen-bond donors (Lipinski definition) is 2. The third kappa shape index (κ3) is 5.71. The summed E-state index contributed by atoms with van der Waals surface area (Å²) in [6, 6.07) is 14.8. The Labute approximate surface area is 171 Å². The first-order valence-corrected chi connectivity index (χ1v) is 10.1. The van der Waals surface area contributed by atoms with Crippen LogP contribution in [0.4, 0.5) is 0 Å².